The molecule has 1 aromatic rings. The Bertz CT molecular complexity index is 325. The van der Waals surface area contributed by atoms with E-state index in [0.29, 0.717) is 19.5 Å². The van der Waals surface area contributed by atoms with Crippen molar-refractivity contribution in [3.05, 3.63) is 16.1 Å². The second kappa shape index (κ2) is 7.35. The second-order valence-electron chi connectivity index (χ2n) is 3.47. The molecule has 0 saturated carbocycles. The van der Waals surface area contributed by atoms with Gasteiger partial charge in [0.05, 0.1) is 10.7 Å². The number of nitrogens with zero attached hydrogens (tertiary/aromatic N) is 1. The van der Waals surface area contributed by atoms with Crippen LogP contribution in [0.3, 0.4) is 0 Å². The van der Waals surface area contributed by atoms with Crippen molar-refractivity contribution in [1.29, 1.82) is 0 Å². The summed E-state index contributed by atoms with van der Waals surface area (Å²) in [5.74, 6) is 0.0996. The monoisotopic (exact) mass is 241 g/mol. The Morgan fingerprint density at radius 3 is 2.94 bits per heavy atom. The first kappa shape index (κ1) is 13.1. The van der Waals surface area contributed by atoms with Gasteiger partial charge in [-0.15, -0.1) is 11.3 Å². The number of rotatable bonds is 7. The Balaban J connectivity index is 2.13. The van der Waals surface area contributed by atoms with Crippen molar-refractivity contribution in [2.75, 3.05) is 13.1 Å². The molecule has 0 aliphatic rings. The number of amides is 1. The molecule has 5 heteroatoms. The lowest BCUT2D eigenvalue weighted by atomic mass is 10.4. The summed E-state index contributed by atoms with van der Waals surface area (Å²) < 4.78 is 0. The van der Waals surface area contributed by atoms with E-state index in [1.165, 1.54) is 5.01 Å². The average molecular weight is 241 g/mol. The normalized spacial score (nSPS) is 10.4. The Kier molecular flexibility index (Phi) is 6.03. The Hall–Kier alpha value is -0.940. The fourth-order valence-electron chi connectivity index (χ4n) is 1.30. The number of nitrogens with one attached hydrogen (secondary N) is 2. The smallest absolute Gasteiger partial charge is 0.221 e. The van der Waals surface area contributed by atoms with Crippen LogP contribution in [0.4, 0.5) is 0 Å². The summed E-state index contributed by atoms with van der Waals surface area (Å²) in [5.41, 5.74) is 1.07. The van der Waals surface area contributed by atoms with Crippen molar-refractivity contribution in [3.63, 3.8) is 0 Å². The van der Waals surface area contributed by atoms with Crippen LogP contribution in [0.15, 0.2) is 5.38 Å². The van der Waals surface area contributed by atoms with Crippen LogP contribution >= 0.6 is 11.3 Å². The van der Waals surface area contributed by atoms with Gasteiger partial charge in [0.1, 0.15) is 0 Å². The highest BCUT2D eigenvalue weighted by molar-refractivity contribution is 7.09. The maximum absolute atomic E-state index is 11.1. The summed E-state index contributed by atoms with van der Waals surface area (Å²) >= 11 is 1.69. The zero-order valence-corrected chi connectivity index (χ0v) is 10.7. The number of hydrogen-bond donors (Lipinski definition) is 2. The molecule has 0 fully saturated rings. The van der Waals surface area contributed by atoms with E-state index < -0.39 is 0 Å². The maximum atomic E-state index is 11.1. The first-order valence-corrected chi connectivity index (χ1v) is 6.55. The lowest BCUT2D eigenvalue weighted by Crippen LogP contribution is -2.27. The highest BCUT2D eigenvalue weighted by Crippen LogP contribution is 2.09. The minimum Gasteiger partial charge on any atom is -0.356 e. The molecule has 0 spiro atoms. The number of aryl methyl sites for hydroxylation is 1. The largest absolute Gasteiger partial charge is 0.356 e. The van der Waals surface area contributed by atoms with Gasteiger partial charge in [0.2, 0.25) is 5.91 Å². The van der Waals surface area contributed by atoms with Gasteiger partial charge in [-0.2, -0.15) is 0 Å². The molecule has 2 N–H and O–H groups in total. The first-order valence-electron chi connectivity index (χ1n) is 5.67. The number of aromatic nitrogens is 1. The van der Waals surface area contributed by atoms with E-state index in [9.17, 15) is 4.79 Å². The van der Waals surface area contributed by atoms with Gasteiger partial charge >= 0.3 is 0 Å². The standard InChI is InChI=1S/C11H19N3OS/c1-3-11-14-9(8-16-11)7-12-6-5-10(15)13-4-2/h8,12H,3-7H2,1-2H3,(H,13,15). The van der Waals surface area contributed by atoms with E-state index in [1.807, 2.05) is 6.92 Å². The fourth-order valence-corrected chi connectivity index (χ4v) is 2.04. The van der Waals surface area contributed by atoms with Crippen molar-refractivity contribution >= 4 is 17.2 Å². The SMILES string of the molecule is CCNC(=O)CCNCc1csc(CC)n1. The molecule has 90 valence electrons. The summed E-state index contributed by atoms with van der Waals surface area (Å²) in [5, 5.41) is 9.21. The quantitative estimate of drug-likeness (QED) is 0.708. The van der Waals surface area contributed by atoms with Crippen molar-refractivity contribution < 1.29 is 4.79 Å². The van der Waals surface area contributed by atoms with E-state index in [0.717, 1.165) is 18.7 Å². The molecular formula is C11H19N3OS. The molecule has 0 radical (unpaired) electrons. The van der Waals surface area contributed by atoms with Crippen LogP contribution in [0, 0.1) is 0 Å². The summed E-state index contributed by atoms with van der Waals surface area (Å²) in [6, 6.07) is 0. The van der Waals surface area contributed by atoms with Gasteiger partial charge in [0, 0.05) is 31.4 Å². The van der Waals surface area contributed by atoms with Crippen LogP contribution in [0.25, 0.3) is 0 Å². The van der Waals surface area contributed by atoms with Crippen molar-refractivity contribution in [2.24, 2.45) is 0 Å². The second-order valence-corrected chi connectivity index (χ2v) is 4.41. The molecule has 1 amide bonds. The van der Waals surface area contributed by atoms with Crippen molar-refractivity contribution in [1.82, 2.24) is 15.6 Å². The Morgan fingerprint density at radius 2 is 2.31 bits per heavy atom. The zero-order chi connectivity index (χ0) is 11.8. The zero-order valence-electron chi connectivity index (χ0n) is 9.88. The highest BCUT2D eigenvalue weighted by atomic mass is 32.1. The van der Waals surface area contributed by atoms with Gasteiger partial charge in [0.25, 0.3) is 0 Å². The average Bonchev–Trinajstić information content (AvgIpc) is 2.73. The van der Waals surface area contributed by atoms with E-state index >= 15 is 0 Å². The minimum atomic E-state index is 0.0996. The van der Waals surface area contributed by atoms with Crippen LogP contribution in [0.1, 0.15) is 31.0 Å². The van der Waals surface area contributed by atoms with Gasteiger partial charge in [-0.25, -0.2) is 4.98 Å². The molecule has 4 nitrogen and oxygen atoms in total. The Labute approximate surface area is 100 Å². The van der Waals surface area contributed by atoms with E-state index in [1.54, 1.807) is 11.3 Å². The molecule has 0 saturated heterocycles. The summed E-state index contributed by atoms with van der Waals surface area (Å²) in [4.78, 5) is 15.6. The van der Waals surface area contributed by atoms with Crippen LogP contribution in [0.2, 0.25) is 0 Å². The molecule has 0 unspecified atom stereocenters. The van der Waals surface area contributed by atoms with Gasteiger partial charge in [-0.05, 0) is 13.3 Å². The van der Waals surface area contributed by atoms with Crippen LogP contribution in [-0.2, 0) is 17.8 Å². The fraction of sp³-hybridized carbons (Fsp3) is 0.636. The third-order valence-corrected chi connectivity index (χ3v) is 3.15. The third kappa shape index (κ3) is 4.72. The van der Waals surface area contributed by atoms with Gasteiger partial charge in [-0.3, -0.25) is 4.79 Å². The van der Waals surface area contributed by atoms with Crippen LogP contribution in [0.5, 0.6) is 0 Å². The lowest BCUT2D eigenvalue weighted by molar-refractivity contribution is -0.120. The topological polar surface area (TPSA) is 54.0 Å². The molecule has 0 aliphatic carbocycles. The number of thiazole rings is 1. The summed E-state index contributed by atoms with van der Waals surface area (Å²) in [6.07, 6.45) is 1.52. The molecule has 0 atom stereocenters. The minimum absolute atomic E-state index is 0.0996. The Morgan fingerprint density at radius 1 is 1.50 bits per heavy atom. The number of hydrogen-bond acceptors (Lipinski definition) is 4. The van der Waals surface area contributed by atoms with Crippen molar-refractivity contribution in [3.8, 4) is 0 Å². The van der Waals surface area contributed by atoms with Gasteiger partial charge in [0.15, 0.2) is 0 Å². The van der Waals surface area contributed by atoms with E-state index in [4.69, 9.17) is 0 Å². The van der Waals surface area contributed by atoms with Crippen LogP contribution < -0.4 is 10.6 Å². The third-order valence-electron chi connectivity index (χ3n) is 2.11. The number of carbonyl (C=O) groups is 1. The predicted octanol–water partition coefficient (Wildman–Crippen LogP) is 1.32. The lowest BCUT2D eigenvalue weighted by Gasteiger charge is -2.03. The van der Waals surface area contributed by atoms with E-state index in [2.05, 4.69) is 27.9 Å². The molecule has 1 heterocycles. The molecule has 1 aromatic heterocycles. The first-order chi connectivity index (χ1) is 7.76. The van der Waals surface area contributed by atoms with Crippen LogP contribution in [-0.4, -0.2) is 24.0 Å². The molecule has 0 aliphatic heterocycles. The molecule has 16 heavy (non-hydrogen) atoms. The molecule has 0 aromatic carbocycles. The highest BCUT2D eigenvalue weighted by Gasteiger charge is 2.01. The molecule has 0 bridgehead atoms. The molecule has 1 rings (SSSR count). The summed E-state index contributed by atoms with van der Waals surface area (Å²) in [6.45, 7) is 6.17. The number of carbonyl (C=O) groups excluding carboxylic acids is 1. The maximum Gasteiger partial charge on any atom is 0.221 e. The summed E-state index contributed by atoms with van der Waals surface area (Å²) in [7, 11) is 0. The molecular weight excluding hydrogens is 222 g/mol. The van der Waals surface area contributed by atoms with Crippen molar-refractivity contribution in [2.45, 2.75) is 33.2 Å². The van der Waals surface area contributed by atoms with Gasteiger partial charge in [-0.1, -0.05) is 6.92 Å². The van der Waals surface area contributed by atoms with E-state index in [-0.39, 0.29) is 5.91 Å². The van der Waals surface area contributed by atoms with Gasteiger partial charge < -0.3 is 10.6 Å². The predicted molar refractivity (Wildman–Crippen MR) is 66.5 cm³/mol.